The van der Waals surface area contributed by atoms with E-state index in [1.165, 1.54) is 6.08 Å². The molecule has 3 aromatic rings. The highest BCUT2D eigenvalue weighted by molar-refractivity contribution is 7.80. The molecule has 1 amide bonds. The van der Waals surface area contributed by atoms with Crippen LogP contribution in [-0.4, -0.2) is 25.8 Å². The van der Waals surface area contributed by atoms with Crippen LogP contribution >= 0.6 is 12.6 Å². The first kappa shape index (κ1) is 25.4. The van der Waals surface area contributed by atoms with Crippen LogP contribution in [0.4, 0.5) is 10.1 Å². The molecule has 0 aliphatic heterocycles. The number of anilines is 1. The first-order chi connectivity index (χ1) is 16.6. The zero-order chi connectivity index (χ0) is 24.2. The maximum absolute atomic E-state index is 12.5. The molecule has 1 N–H and O–H groups in total. The Labute approximate surface area is 206 Å². The van der Waals surface area contributed by atoms with Crippen molar-refractivity contribution in [1.82, 2.24) is 0 Å². The third kappa shape index (κ3) is 7.96. The molecular weight excluding hydrogens is 449 g/mol. The van der Waals surface area contributed by atoms with Crippen LogP contribution in [0.15, 0.2) is 77.7 Å². The van der Waals surface area contributed by atoms with Crippen LogP contribution in [0.5, 0.6) is 11.5 Å². The van der Waals surface area contributed by atoms with Crippen LogP contribution in [0.3, 0.4) is 0 Å². The molecule has 3 aromatic carbocycles. The Morgan fingerprint density at radius 3 is 2.35 bits per heavy atom. The van der Waals surface area contributed by atoms with Crippen molar-refractivity contribution in [3.8, 4) is 22.6 Å². The van der Waals surface area contributed by atoms with Crippen molar-refractivity contribution in [3.05, 3.63) is 78.4 Å². The summed E-state index contributed by atoms with van der Waals surface area (Å²) in [5.74, 6) is 1.17. The van der Waals surface area contributed by atoms with Gasteiger partial charge in [-0.2, -0.15) is 0 Å². The zero-order valence-corrected chi connectivity index (χ0v) is 20.2. The van der Waals surface area contributed by atoms with Crippen molar-refractivity contribution < 1.29 is 18.7 Å². The average Bonchev–Trinajstić information content (AvgIpc) is 2.85. The Hall–Kier alpha value is -3.25. The lowest BCUT2D eigenvalue weighted by Gasteiger charge is -2.12. The first-order valence-corrected chi connectivity index (χ1v) is 11.9. The minimum Gasteiger partial charge on any atom is -0.494 e. The Bertz CT molecular complexity index is 1080. The van der Waals surface area contributed by atoms with E-state index in [2.05, 4.69) is 24.9 Å². The maximum atomic E-state index is 12.5. The predicted octanol–water partition coefficient (Wildman–Crippen LogP) is 7.21. The highest BCUT2D eigenvalue weighted by Crippen LogP contribution is 2.29. The van der Waals surface area contributed by atoms with E-state index in [9.17, 15) is 9.18 Å². The zero-order valence-electron chi connectivity index (χ0n) is 19.3. The third-order valence-electron chi connectivity index (χ3n) is 5.05. The third-order valence-corrected chi connectivity index (χ3v) is 5.35. The lowest BCUT2D eigenvalue weighted by molar-refractivity contribution is -0.111. The molecule has 0 saturated heterocycles. The SMILES string of the molecule is CCCCOc1ccc(-c2ccc(OCCCF)c(/C=C/C(=O)Nc3ccc(S)cc3)c2)cc1. The lowest BCUT2D eigenvalue weighted by atomic mass is 10.0. The van der Waals surface area contributed by atoms with E-state index in [4.69, 9.17) is 9.47 Å². The number of nitrogens with one attached hydrogen (secondary N) is 1. The largest absolute Gasteiger partial charge is 0.494 e. The number of alkyl halides is 1. The monoisotopic (exact) mass is 479 g/mol. The molecule has 0 aromatic heterocycles. The van der Waals surface area contributed by atoms with E-state index in [-0.39, 0.29) is 12.5 Å². The first-order valence-electron chi connectivity index (χ1n) is 11.4. The molecule has 0 fully saturated rings. The molecule has 0 aliphatic carbocycles. The fourth-order valence-electron chi connectivity index (χ4n) is 3.20. The summed E-state index contributed by atoms with van der Waals surface area (Å²) < 4.78 is 24.0. The van der Waals surface area contributed by atoms with Crippen LogP contribution in [0.2, 0.25) is 0 Å². The number of rotatable bonds is 12. The Kier molecular flexibility index (Phi) is 10.0. The normalized spacial score (nSPS) is 10.9. The molecular formula is C28H30FNO3S. The number of carbonyl (C=O) groups excluding carboxylic acids is 1. The maximum Gasteiger partial charge on any atom is 0.248 e. The summed E-state index contributed by atoms with van der Waals surface area (Å²) in [4.78, 5) is 13.2. The number of benzene rings is 3. The number of ether oxygens (including phenoxy) is 2. The molecule has 0 bridgehead atoms. The quantitative estimate of drug-likeness (QED) is 0.164. The minimum atomic E-state index is -0.441. The summed E-state index contributed by atoms with van der Waals surface area (Å²) in [6.07, 6.45) is 5.59. The van der Waals surface area contributed by atoms with E-state index >= 15 is 0 Å². The van der Waals surface area contributed by atoms with Gasteiger partial charge in [0.25, 0.3) is 0 Å². The van der Waals surface area contributed by atoms with Crippen molar-refractivity contribution in [2.24, 2.45) is 0 Å². The molecule has 0 radical (unpaired) electrons. The minimum absolute atomic E-state index is 0.263. The second-order valence-corrected chi connectivity index (χ2v) is 8.26. The molecule has 0 spiro atoms. The molecule has 0 saturated carbocycles. The highest BCUT2D eigenvalue weighted by Gasteiger charge is 2.07. The fraction of sp³-hybridized carbons (Fsp3) is 0.250. The van der Waals surface area contributed by atoms with Gasteiger partial charge in [0.2, 0.25) is 5.91 Å². The average molecular weight is 480 g/mol. The number of hydrogen-bond donors (Lipinski definition) is 2. The van der Waals surface area contributed by atoms with Crippen LogP contribution < -0.4 is 14.8 Å². The molecule has 0 atom stereocenters. The van der Waals surface area contributed by atoms with E-state index < -0.39 is 6.67 Å². The van der Waals surface area contributed by atoms with Gasteiger partial charge in [-0.25, -0.2) is 0 Å². The van der Waals surface area contributed by atoms with Crippen molar-refractivity contribution in [3.63, 3.8) is 0 Å². The molecule has 34 heavy (non-hydrogen) atoms. The summed E-state index contributed by atoms with van der Waals surface area (Å²) in [6, 6.07) is 20.9. The van der Waals surface area contributed by atoms with Crippen molar-refractivity contribution in [2.45, 2.75) is 31.1 Å². The van der Waals surface area contributed by atoms with E-state index in [0.717, 1.165) is 40.2 Å². The number of hydrogen-bond acceptors (Lipinski definition) is 4. The van der Waals surface area contributed by atoms with Gasteiger partial charge in [0, 0.05) is 28.6 Å². The van der Waals surface area contributed by atoms with Crippen molar-refractivity contribution >= 4 is 30.3 Å². The predicted molar refractivity (Wildman–Crippen MR) is 140 cm³/mol. The van der Waals surface area contributed by atoms with E-state index in [0.29, 0.717) is 24.5 Å². The van der Waals surface area contributed by atoms with Gasteiger partial charge in [-0.1, -0.05) is 31.5 Å². The second kappa shape index (κ2) is 13.5. The fourth-order valence-corrected chi connectivity index (χ4v) is 3.35. The molecule has 4 nitrogen and oxygen atoms in total. The standard InChI is InChI=1S/C28H30FNO3S/c1-2-3-18-32-25-11-5-21(6-12-25)22-7-15-27(33-19-4-17-29)23(20-22)8-16-28(31)30-24-9-13-26(34)14-10-24/h5-16,20,34H,2-4,17-19H2,1H3,(H,30,31)/b16-8+. The van der Waals surface area contributed by atoms with Gasteiger partial charge < -0.3 is 14.8 Å². The van der Waals surface area contributed by atoms with Gasteiger partial charge in [0.05, 0.1) is 19.9 Å². The van der Waals surface area contributed by atoms with Crippen LogP contribution in [0, 0.1) is 0 Å². The lowest BCUT2D eigenvalue weighted by Crippen LogP contribution is -2.07. The van der Waals surface area contributed by atoms with Crippen molar-refractivity contribution in [1.29, 1.82) is 0 Å². The summed E-state index contributed by atoms with van der Waals surface area (Å²) >= 11 is 4.25. The molecule has 0 unspecified atom stereocenters. The van der Waals surface area contributed by atoms with Gasteiger partial charge in [-0.05, 0) is 72.2 Å². The van der Waals surface area contributed by atoms with Gasteiger partial charge in [-0.15, -0.1) is 12.6 Å². The van der Waals surface area contributed by atoms with Gasteiger partial charge in [0.15, 0.2) is 0 Å². The summed E-state index contributed by atoms with van der Waals surface area (Å²) in [5, 5.41) is 2.82. The molecule has 0 aliphatic rings. The second-order valence-electron chi connectivity index (χ2n) is 7.74. The molecule has 6 heteroatoms. The van der Waals surface area contributed by atoms with Gasteiger partial charge in [0.1, 0.15) is 11.5 Å². The topological polar surface area (TPSA) is 47.6 Å². The number of unbranched alkanes of at least 4 members (excludes halogenated alkanes) is 1. The molecule has 3 rings (SSSR count). The Morgan fingerprint density at radius 1 is 0.941 bits per heavy atom. The van der Waals surface area contributed by atoms with Crippen LogP contribution in [0.25, 0.3) is 17.2 Å². The highest BCUT2D eigenvalue weighted by atomic mass is 32.1. The van der Waals surface area contributed by atoms with E-state index in [1.807, 2.05) is 54.6 Å². The van der Waals surface area contributed by atoms with Crippen molar-refractivity contribution in [2.75, 3.05) is 25.2 Å². The number of carbonyl (C=O) groups is 1. The van der Waals surface area contributed by atoms with Gasteiger partial charge >= 0.3 is 0 Å². The van der Waals surface area contributed by atoms with Gasteiger partial charge in [-0.3, -0.25) is 9.18 Å². The molecule has 178 valence electrons. The summed E-state index contributed by atoms with van der Waals surface area (Å²) in [5.41, 5.74) is 3.41. The smallest absolute Gasteiger partial charge is 0.248 e. The van der Waals surface area contributed by atoms with Crippen LogP contribution in [-0.2, 0) is 4.79 Å². The summed E-state index contributed by atoms with van der Waals surface area (Å²) in [6.45, 7) is 2.66. The molecule has 0 heterocycles. The van der Waals surface area contributed by atoms with Crippen LogP contribution in [0.1, 0.15) is 31.7 Å². The number of thiol groups is 1. The Morgan fingerprint density at radius 2 is 1.65 bits per heavy atom. The van der Waals surface area contributed by atoms with E-state index in [1.54, 1.807) is 18.2 Å². The number of amides is 1. The number of halogens is 1. The Balaban J connectivity index is 1.77. The summed E-state index contributed by atoms with van der Waals surface area (Å²) in [7, 11) is 0.